The van der Waals surface area contributed by atoms with E-state index in [4.69, 9.17) is 14.6 Å². The molecule has 0 spiro atoms. The van der Waals surface area contributed by atoms with Gasteiger partial charge in [0.05, 0.1) is 5.39 Å². The Morgan fingerprint density at radius 2 is 1.63 bits per heavy atom. The molecule has 3 aromatic rings. The zero-order valence-corrected chi connectivity index (χ0v) is 10.9. The highest BCUT2D eigenvalue weighted by Gasteiger charge is 2.44. The first kappa shape index (κ1) is 10.9. The van der Waals surface area contributed by atoms with Gasteiger partial charge in [0.15, 0.2) is 11.3 Å². The first-order valence-electron chi connectivity index (χ1n) is 6.44. The molecule has 1 saturated carbocycles. The van der Waals surface area contributed by atoms with Crippen LogP contribution in [0.25, 0.3) is 21.9 Å². The standard InChI is InChI=1S/C15H15NO3/c1-7-5-9-11(15(16)3-4-15)13-10(6-8(2)18-13)12(17)14(9)19-7/h5-6,17H,3-4,16H2,1-2H3. The minimum Gasteiger partial charge on any atom is -0.504 e. The molecule has 1 aromatic carbocycles. The van der Waals surface area contributed by atoms with Crippen LogP contribution in [0.15, 0.2) is 21.0 Å². The van der Waals surface area contributed by atoms with E-state index in [9.17, 15) is 5.11 Å². The van der Waals surface area contributed by atoms with Gasteiger partial charge < -0.3 is 19.7 Å². The van der Waals surface area contributed by atoms with E-state index in [1.165, 1.54) is 0 Å². The number of benzene rings is 1. The van der Waals surface area contributed by atoms with Gasteiger partial charge in [-0.3, -0.25) is 0 Å². The van der Waals surface area contributed by atoms with Crippen LogP contribution < -0.4 is 5.73 Å². The van der Waals surface area contributed by atoms with E-state index in [-0.39, 0.29) is 11.3 Å². The highest BCUT2D eigenvalue weighted by atomic mass is 16.4. The molecule has 1 aliphatic carbocycles. The maximum absolute atomic E-state index is 10.4. The molecule has 0 unspecified atom stereocenters. The zero-order chi connectivity index (χ0) is 13.4. The Morgan fingerprint density at radius 1 is 1.05 bits per heavy atom. The van der Waals surface area contributed by atoms with Gasteiger partial charge in [-0.05, 0) is 38.8 Å². The van der Waals surface area contributed by atoms with Gasteiger partial charge in [-0.2, -0.15) is 0 Å². The fourth-order valence-corrected chi connectivity index (χ4v) is 2.88. The highest BCUT2D eigenvalue weighted by Crippen LogP contribution is 2.51. The minimum atomic E-state index is -0.342. The molecule has 0 saturated heterocycles. The number of phenolic OH excluding ortho intramolecular Hbond substituents is 1. The van der Waals surface area contributed by atoms with Crippen molar-refractivity contribution < 1.29 is 13.9 Å². The van der Waals surface area contributed by atoms with Crippen LogP contribution in [-0.4, -0.2) is 5.11 Å². The Kier molecular flexibility index (Phi) is 1.81. The maximum Gasteiger partial charge on any atom is 0.177 e. The molecule has 0 atom stereocenters. The lowest BCUT2D eigenvalue weighted by Crippen LogP contribution is -2.19. The molecule has 98 valence electrons. The number of aryl methyl sites for hydroxylation is 2. The lowest BCUT2D eigenvalue weighted by Gasteiger charge is -2.12. The van der Waals surface area contributed by atoms with E-state index >= 15 is 0 Å². The number of hydrogen-bond donors (Lipinski definition) is 2. The van der Waals surface area contributed by atoms with Gasteiger partial charge in [0.1, 0.15) is 17.1 Å². The average Bonchev–Trinajstić information content (AvgIpc) is 2.79. The summed E-state index contributed by atoms with van der Waals surface area (Å²) in [5.74, 6) is 1.67. The molecule has 0 aliphatic heterocycles. The summed E-state index contributed by atoms with van der Waals surface area (Å²) >= 11 is 0. The van der Waals surface area contributed by atoms with Gasteiger partial charge in [-0.1, -0.05) is 0 Å². The summed E-state index contributed by atoms with van der Waals surface area (Å²) in [6, 6.07) is 3.76. The SMILES string of the molecule is Cc1cc2c(C3(N)CC3)c3oc(C)cc3c(O)c2o1. The van der Waals surface area contributed by atoms with Crippen molar-refractivity contribution in [3.63, 3.8) is 0 Å². The second-order valence-electron chi connectivity index (χ2n) is 5.58. The van der Waals surface area contributed by atoms with Crippen LogP contribution in [0, 0.1) is 13.8 Å². The second kappa shape index (κ2) is 3.14. The van der Waals surface area contributed by atoms with Crippen LogP contribution >= 0.6 is 0 Å². The number of nitrogens with two attached hydrogens (primary N) is 1. The van der Waals surface area contributed by atoms with Gasteiger partial charge in [-0.15, -0.1) is 0 Å². The average molecular weight is 257 g/mol. The van der Waals surface area contributed by atoms with Crippen molar-refractivity contribution in [2.75, 3.05) is 0 Å². The van der Waals surface area contributed by atoms with Gasteiger partial charge in [0, 0.05) is 16.5 Å². The van der Waals surface area contributed by atoms with Crippen molar-refractivity contribution in [3.05, 3.63) is 29.2 Å². The summed E-state index contributed by atoms with van der Waals surface area (Å²) in [7, 11) is 0. The van der Waals surface area contributed by atoms with Gasteiger partial charge in [0.25, 0.3) is 0 Å². The molecule has 19 heavy (non-hydrogen) atoms. The van der Waals surface area contributed by atoms with E-state index < -0.39 is 0 Å². The fraction of sp³-hybridized carbons (Fsp3) is 0.333. The van der Waals surface area contributed by atoms with E-state index in [0.717, 1.165) is 35.3 Å². The Bertz CT molecular complexity index is 763. The van der Waals surface area contributed by atoms with E-state index in [0.29, 0.717) is 16.6 Å². The summed E-state index contributed by atoms with van der Waals surface area (Å²) in [6.45, 7) is 3.73. The number of furan rings is 2. The van der Waals surface area contributed by atoms with Crippen LogP contribution in [0.5, 0.6) is 5.75 Å². The Hall–Kier alpha value is -1.94. The molecule has 0 amide bonds. The zero-order valence-electron chi connectivity index (χ0n) is 10.9. The van der Waals surface area contributed by atoms with E-state index in [1.54, 1.807) is 0 Å². The minimum absolute atomic E-state index is 0.142. The topological polar surface area (TPSA) is 72.5 Å². The fourth-order valence-electron chi connectivity index (χ4n) is 2.88. The number of fused-ring (bicyclic) bond motifs is 2. The summed E-state index contributed by atoms with van der Waals surface area (Å²) < 4.78 is 11.4. The van der Waals surface area contributed by atoms with Crippen LogP contribution in [0.4, 0.5) is 0 Å². The monoisotopic (exact) mass is 257 g/mol. The normalized spacial score (nSPS) is 17.4. The lowest BCUT2D eigenvalue weighted by molar-refractivity contribution is 0.466. The third-order valence-electron chi connectivity index (χ3n) is 3.96. The third-order valence-corrected chi connectivity index (χ3v) is 3.96. The quantitative estimate of drug-likeness (QED) is 0.700. The smallest absolute Gasteiger partial charge is 0.177 e. The summed E-state index contributed by atoms with van der Waals surface area (Å²) in [6.07, 6.45) is 1.87. The van der Waals surface area contributed by atoms with Crippen LogP contribution in [0.2, 0.25) is 0 Å². The van der Waals surface area contributed by atoms with E-state index in [2.05, 4.69) is 0 Å². The number of rotatable bonds is 1. The third kappa shape index (κ3) is 1.32. The molecule has 0 radical (unpaired) electrons. The highest BCUT2D eigenvalue weighted by molar-refractivity contribution is 6.05. The maximum atomic E-state index is 10.4. The molecule has 4 rings (SSSR count). The number of aromatic hydroxyl groups is 1. The number of hydrogen-bond acceptors (Lipinski definition) is 4. The predicted molar refractivity (Wildman–Crippen MR) is 72.2 cm³/mol. The number of phenols is 1. The predicted octanol–water partition coefficient (Wildman–Crippen LogP) is 3.45. The van der Waals surface area contributed by atoms with Crippen molar-refractivity contribution in [2.45, 2.75) is 32.2 Å². The second-order valence-corrected chi connectivity index (χ2v) is 5.58. The first-order chi connectivity index (χ1) is 8.99. The van der Waals surface area contributed by atoms with E-state index in [1.807, 2.05) is 26.0 Å². The van der Waals surface area contributed by atoms with Crippen LogP contribution in [0.1, 0.15) is 29.9 Å². The largest absolute Gasteiger partial charge is 0.504 e. The molecule has 4 nitrogen and oxygen atoms in total. The molecule has 1 fully saturated rings. The Balaban J connectivity index is 2.27. The summed E-state index contributed by atoms with van der Waals surface area (Å²) in [5.41, 5.74) is 8.22. The van der Waals surface area contributed by atoms with Gasteiger partial charge in [-0.25, -0.2) is 0 Å². The molecule has 2 heterocycles. The van der Waals surface area contributed by atoms with Gasteiger partial charge >= 0.3 is 0 Å². The first-order valence-corrected chi connectivity index (χ1v) is 6.44. The summed E-state index contributed by atoms with van der Waals surface area (Å²) in [5, 5.41) is 11.9. The van der Waals surface area contributed by atoms with Crippen LogP contribution in [-0.2, 0) is 5.54 Å². The Morgan fingerprint density at radius 3 is 2.26 bits per heavy atom. The van der Waals surface area contributed by atoms with Crippen molar-refractivity contribution in [3.8, 4) is 5.75 Å². The molecular formula is C15H15NO3. The van der Waals surface area contributed by atoms with Crippen molar-refractivity contribution >= 4 is 21.9 Å². The lowest BCUT2D eigenvalue weighted by atomic mass is 9.98. The molecular weight excluding hydrogens is 242 g/mol. The van der Waals surface area contributed by atoms with Crippen molar-refractivity contribution in [1.29, 1.82) is 0 Å². The Labute approximate surface area is 109 Å². The van der Waals surface area contributed by atoms with Crippen LogP contribution in [0.3, 0.4) is 0 Å². The van der Waals surface area contributed by atoms with Gasteiger partial charge in [0.2, 0.25) is 0 Å². The van der Waals surface area contributed by atoms with Crippen molar-refractivity contribution in [2.24, 2.45) is 5.73 Å². The molecule has 3 N–H and O–H groups in total. The molecule has 4 heteroatoms. The van der Waals surface area contributed by atoms with Crippen molar-refractivity contribution in [1.82, 2.24) is 0 Å². The molecule has 1 aliphatic rings. The molecule has 0 bridgehead atoms. The molecule has 2 aromatic heterocycles. The summed E-state index contributed by atoms with van der Waals surface area (Å²) in [4.78, 5) is 0.